The van der Waals surface area contributed by atoms with Crippen LogP contribution < -0.4 is 14.8 Å². The van der Waals surface area contributed by atoms with Crippen molar-refractivity contribution in [1.82, 2.24) is 25.2 Å². The molecule has 9 nitrogen and oxygen atoms in total. The minimum absolute atomic E-state index is 0.0714. The molecule has 1 heterocycles. The summed E-state index contributed by atoms with van der Waals surface area (Å²) in [5.41, 5.74) is 4.06. The quantitative estimate of drug-likeness (QED) is 0.316. The van der Waals surface area contributed by atoms with Gasteiger partial charge in [0.1, 0.15) is 29.6 Å². The van der Waals surface area contributed by atoms with Gasteiger partial charge in [0.2, 0.25) is 11.8 Å². The molecule has 0 spiro atoms. The SMILES string of the molecule is COc1ccc([C@H](C(=O)NC2CCCC2)N(Cc2ccc(C)cc2)C(=O)Cn2nnc3ccccc32)c(OC)c1. The lowest BCUT2D eigenvalue weighted by Gasteiger charge is -2.33. The van der Waals surface area contributed by atoms with Crippen molar-refractivity contribution in [3.8, 4) is 11.5 Å². The first kappa shape index (κ1) is 27.2. The number of hydrogen-bond donors (Lipinski definition) is 1. The van der Waals surface area contributed by atoms with Gasteiger partial charge in [-0.3, -0.25) is 9.59 Å². The number of ether oxygens (including phenoxy) is 2. The van der Waals surface area contributed by atoms with Crippen molar-refractivity contribution in [1.29, 1.82) is 0 Å². The summed E-state index contributed by atoms with van der Waals surface area (Å²) in [6.07, 6.45) is 4.00. The van der Waals surface area contributed by atoms with Gasteiger partial charge in [-0.1, -0.05) is 60.0 Å². The summed E-state index contributed by atoms with van der Waals surface area (Å²) in [6, 6.07) is 19.9. The number of methoxy groups -OCH3 is 2. The molecule has 0 unspecified atom stereocenters. The first-order valence-electron chi connectivity index (χ1n) is 13.6. The number of nitrogens with one attached hydrogen (secondary N) is 1. The second-order valence-corrected chi connectivity index (χ2v) is 10.2. The Balaban J connectivity index is 1.57. The summed E-state index contributed by atoms with van der Waals surface area (Å²) in [5, 5.41) is 11.7. The zero-order valence-electron chi connectivity index (χ0n) is 23.2. The van der Waals surface area contributed by atoms with Gasteiger partial charge in [-0.2, -0.15) is 0 Å². The summed E-state index contributed by atoms with van der Waals surface area (Å²) >= 11 is 0. The highest BCUT2D eigenvalue weighted by atomic mass is 16.5. The van der Waals surface area contributed by atoms with Crippen LogP contribution in [0, 0.1) is 6.92 Å². The summed E-state index contributed by atoms with van der Waals surface area (Å²) < 4.78 is 12.7. The Morgan fingerprint density at radius 2 is 1.77 bits per heavy atom. The molecule has 1 aromatic heterocycles. The number of hydrogen-bond acceptors (Lipinski definition) is 6. The van der Waals surface area contributed by atoms with Crippen LogP contribution in [0.4, 0.5) is 0 Å². The van der Waals surface area contributed by atoms with Gasteiger partial charge in [0.15, 0.2) is 0 Å². The molecule has 40 heavy (non-hydrogen) atoms. The average Bonchev–Trinajstić information content (AvgIpc) is 3.64. The molecule has 0 radical (unpaired) electrons. The van der Waals surface area contributed by atoms with Crippen LogP contribution in [0.25, 0.3) is 11.0 Å². The number of carbonyl (C=O) groups is 2. The number of fused-ring (bicyclic) bond motifs is 1. The van der Waals surface area contributed by atoms with Crippen LogP contribution >= 0.6 is 0 Å². The topological polar surface area (TPSA) is 98.6 Å². The first-order valence-corrected chi connectivity index (χ1v) is 13.6. The van der Waals surface area contributed by atoms with E-state index < -0.39 is 6.04 Å². The number of nitrogens with zero attached hydrogens (tertiary/aromatic N) is 4. The molecule has 1 aliphatic rings. The van der Waals surface area contributed by atoms with Crippen LogP contribution in [0.5, 0.6) is 11.5 Å². The van der Waals surface area contributed by atoms with Crippen molar-refractivity contribution >= 4 is 22.8 Å². The Morgan fingerprint density at radius 1 is 1.02 bits per heavy atom. The van der Waals surface area contributed by atoms with Crippen molar-refractivity contribution < 1.29 is 19.1 Å². The van der Waals surface area contributed by atoms with Gasteiger partial charge in [-0.05, 0) is 49.6 Å². The molecule has 208 valence electrons. The van der Waals surface area contributed by atoms with Crippen molar-refractivity contribution in [3.05, 3.63) is 83.4 Å². The third-order valence-electron chi connectivity index (χ3n) is 7.50. The molecule has 0 aliphatic heterocycles. The lowest BCUT2D eigenvalue weighted by molar-refractivity contribution is -0.142. The molecule has 1 N–H and O–H groups in total. The van der Waals surface area contributed by atoms with Crippen molar-refractivity contribution in [2.75, 3.05) is 14.2 Å². The molecule has 5 rings (SSSR count). The Morgan fingerprint density at radius 3 is 2.50 bits per heavy atom. The van der Waals surface area contributed by atoms with Crippen LogP contribution in [-0.2, 0) is 22.7 Å². The molecule has 1 saturated carbocycles. The predicted molar refractivity (Wildman–Crippen MR) is 152 cm³/mol. The smallest absolute Gasteiger partial charge is 0.247 e. The molecule has 0 saturated heterocycles. The average molecular weight is 542 g/mol. The maximum absolute atomic E-state index is 14.2. The highest BCUT2D eigenvalue weighted by Crippen LogP contribution is 2.35. The van der Waals surface area contributed by atoms with Crippen LogP contribution in [0.3, 0.4) is 0 Å². The van der Waals surface area contributed by atoms with E-state index in [0.29, 0.717) is 22.6 Å². The van der Waals surface area contributed by atoms with Gasteiger partial charge in [-0.25, -0.2) is 4.68 Å². The lowest BCUT2D eigenvalue weighted by Crippen LogP contribution is -2.46. The summed E-state index contributed by atoms with van der Waals surface area (Å²) in [5.74, 6) is 0.569. The molecule has 1 fully saturated rings. The van der Waals surface area contributed by atoms with Gasteiger partial charge in [0, 0.05) is 24.2 Å². The number of aromatic nitrogens is 3. The molecule has 9 heteroatoms. The van der Waals surface area contributed by atoms with E-state index in [1.165, 1.54) is 0 Å². The number of rotatable bonds is 10. The monoisotopic (exact) mass is 541 g/mol. The number of amides is 2. The van der Waals surface area contributed by atoms with E-state index in [-0.39, 0.29) is 30.9 Å². The highest BCUT2D eigenvalue weighted by molar-refractivity contribution is 5.90. The summed E-state index contributed by atoms with van der Waals surface area (Å²) in [6.45, 7) is 2.17. The van der Waals surface area contributed by atoms with Crippen molar-refractivity contribution in [3.63, 3.8) is 0 Å². The van der Waals surface area contributed by atoms with E-state index in [4.69, 9.17) is 9.47 Å². The van der Waals surface area contributed by atoms with E-state index in [9.17, 15) is 9.59 Å². The van der Waals surface area contributed by atoms with Crippen LogP contribution in [0.15, 0.2) is 66.7 Å². The molecule has 4 aromatic rings. The van der Waals surface area contributed by atoms with Crippen molar-refractivity contribution in [2.45, 2.75) is 57.8 Å². The van der Waals surface area contributed by atoms with Crippen LogP contribution in [0.2, 0.25) is 0 Å². The molecule has 1 atom stereocenters. The van der Waals surface area contributed by atoms with E-state index in [2.05, 4.69) is 15.6 Å². The van der Waals surface area contributed by atoms with Gasteiger partial charge < -0.3 is 19.7 Å². The Bertz CT molecular complexity index is 1480. The maximum atomic E-state index is 14.2. The zero-order chi connectivity index (χ0) is 28.1. The van der Waals surface area contributed by atoms with Gasteiger partial charge >= 0.3 is 0 Å². The highest BCUT2D eigenvalue weighted by Gasteiger charge is 2.35. The molecule has 0 bridgehead atoms. The van der Waals surface area contributed by atoms with E-state index in [0.717, 1.165) is 42.3 Å². The normalized spacial score (nSPS) is 14.2. The largest absolute Gasteiger partial charge is 0.497 e. The van der Waals surface area contributed by atoms with Crippen LogP contribution in [0.1, 0.15) is 48.4 Å². The van der Waals surface area contributed by atoms with E-state index in [1.54, 1.807) is 42.0 Å². The molecule has 1 aliphatic carbocycles. The second-order valence-electron chi connectivity index (χ2n) is 10.2. The summed E-state index contributed by atoms with van der Waals surface area (Å²) in [4.78, 5) is 29.9. The predicted octanol–water partition coefficient (Wildman–Crippen LogP) is 4.59. The maximum Gasteiger partial charge on any atom is 0.247 e. The molecule has 2 amide bonds. The fraction of sp³-hybridized carbons (Fsp3) is 0.355. The lowest BCUT2D eigenvalue weighted by atomic mass is 10.0. The minimum Gasteiger partial charge on any atom is -0.497 e. The van der Waals surface area contributed by atoms with Gasteiger partial charge in [0.05, 0.1) is 19.7 Å². The fourth-order valence-corrected chi connectivity index (χ4v) is 5.31. The summed E-state index contributed by atoms with van der Waals surface area (Å²) in [7, 11) is 3.13. The number of carbonyl (C=O) groups excluding carboxylic acids is 2. The number of aryl methyl sites for hydroxylation is 1. The Kier molecular flexibility index (Phi) is 8.28. The van der Waals surface area contributed by atoms with Gasteiger partial charge in [0.25, 0.3) is 0 Å². The minimum atomic E-state index is -0.940. The molecular weight excluding hydrogens is 506 g/mol. The Hall–Kier alpha value is -4.40. The second kappa shape index (κ2) is 12.2. The third kappa shape index (κ3) is 5.93. The van der Waals surface area contributed by atoms with Gasteiger partial charge in [-0.15, -0.1) is 5.10 Å². The molecule has 3 aromatic carbocycles. The fourth-order valence-electron chi connectivity index (χ4n) is 5.31. The van der Waals surface area contributed by atoms with Crippen LogP contribution in [-0.4, -0.2) is 52.0 Å². The standard InChI is InChI=1S/C31H35N5O4/c1-21-12-14-22(15-13-21)19-35(29(37)20-36-27-11-7-6-10-26(27)33-34-36)30(31(38)32-23-8-4-5-9-23)25-17-16-24(39-2)18-28(25)40-3/h6-7,10-18,23,30H,4-5,8-9,19-20H2,1-3H3,(H,32,38)/t30-/m1/s1. The number of benzene rings is 3. The third-order valence-corrected chi connectivity index (χ3v) is 7.50. The van der Waals surface area contributed by atoms with Crippen molar-refractivity contribution in [2.24, 2.45) is 0 Å². The zero-order valence-corrected chi connectivity index (χ0v) is 23.2. The molecular formula is C31H35N5O4. The number of para-hydroxylation sites is 1. The first-order chi connectivity index (χ1) is 19.5. The van der Waals surface area contributed by atoms with E-state index >= 15 is 0 Å². The van der Waals surface area contributed by atoms with E-state index in [1.807, 2.05) is 55.5 Å². The Labute approximate surface area is 234 Å².